The average molecular weight is 392 g/mol. The molecule has 0 rings (SSSR count). The Hall–Kier alpha value is -0.840. The van der Waals surface area contributed by atoms with E-state index in [2.05, 4.69) is 5.32 Å². The Bertz CT molecular complexity index is 501. The average Bonchev–Trinajstić information content (AvgIpc) is 2.40. The van der Waals surface area contributed by atoms with Crippen LogP contribution in [0, 0.1) is 5.92 Å². The van der Waals surface area contributed by atoms with Crippen LogP contribution in [0.1, 0.15) is 20.8 Å². The summed E-state index contributed by atoms with van der Waals surface area (Å²) in [6, 6.07) is -1.48. The van der Waals surface area contributed by atoms with Gasteiger partial charge >= 0.3 is 15.2 Å². The number of rotatable bonds is 7. The van der Waals surface area contributed by atoms with E-state index >= 15 is 0 Å². The fourth-order valence-electron chi connectivity index (χ4n) is 0.943. The first kappa shape index (κ1) is 25.4. The van der Waals surface area contributed by atoms with E-state index in [1.807, 2.05) is 5.32 Å². The van der Waals surface area contributed by atoms with Crippen molar-refractivity contribution >= 4 is 27.0 Å². The zero-order chi connectivity index (χ0) is 19.7. The Morgan fingerprint density at radius 3 is 1.46 bits per heavy atom. The first-order valence-electron chi connectivity index (χ1n) is 6.72. The third-order valence-corrected chi connectivity index (χ3v) is 3.49. The van der Waals surface area contributed by atoms with Crippen LogP contribution in [-0.2, 0) is 18.7 Å². The van der Waals surface area contributed by atoms with E-state index in [-0.39, 0.29) is 5.92 Å². The summed E-state index contributed by atoms with van der Waals surface area (Å²) in [6.45, 7) is 4.93. The molecule has 0 aromatic rings. The number of nitrogens with one attached hydrogen (secondary N) is 2. The lowest BCUT2D eigenvalue weighted by atomic mass is 10.1. The van der Waals surface area contributed by atoms with Crippen molar-refractivity contribution in [2.75, 3.05) is 12.6 Å². The molecule has 0 bridgehead atoms. The van der Waals surface area contributed by atoms with Crippen LogP contribution in [0.5, 0.6) is 0 Å². The maximum absolute atomic E-state index is 11.1. The predicted octanol–water partition coefficient (Wildman–Crippen LogP) is -2.19. The molecule has 0 unspecified atom stereocenters. The third-order valence-electron chi connectivity index (χ3n) is 2.35. The predicted molar refractivity (Wildman–Crippen MR) is 86.6 cm³/mol. The summed E-state index contributed by atoms with van der Waals surface area (Å²) in [5.41, 5.74) is 10.5. The molecule has 0 saturated heterocycles. The van der Waals surface area contributed by atoms with E-state index in [0.29, 0.717) is 0 Å². The number of carbonyl (C=O) groups is 2. The summed E-state index contributed by atoms with van der Waals surface area (Å²) in [5, 5.41) is 4.07. The maximum atomic E-state index is 11.1. The minimum absolute atomic E-state index is 0.0585. The van der Waals surface area contributed by atoms with Crippen LogP contribution in [0.25, 0.3) is 0 Å². The van der Waals surface area contributed by atoms with Gasteiger partial charge in [-0.3, -0.25) is 18.7 Å². The SMILES string of the molecule is CC(C)[C@H](N)C(=O)NCP(=O)(O)O.C[C@H](N)C(=O)NCP(=O)(O)O. The highest BCUT2D eigenvalue weighted by Crippen LogP contribution is 2.32. The van der Waals surface area contributed by atoms with E-state index in [4.69, 9.17) is 31.0 Å². The van der Waals surface area contributed by atoms with Gasteiger partial charge in [0.15, 0.2) is 0 Å². The van der Waals surface area contributed by atoms with Crippen molar-refractivity contribution in [1.82, 2.24) is 10.6 Å². The quantitative estimate of drug-likeness (QED) is 0.218. The number of hydrogen-bond acceptors (Lipinski definition) is 6. The summed E-state index contributed by atoms with van der Waals surface area (Å²) in [5.74, 6) is -1.18. The Labute approximate surface area is 139 Å². The van der Waals surface area contributed by atoms with Gasteiger partial charge in [0.1, 0.15) is 12.6 Å². The van der Waals surface area contributed by atoms with E-state index in [1.54, 1.807) is 13.8 Å². The maximum Gasteiger partial charge on any atom is 0.344 e. The van der Waals surface area contributed by atoms with Crippen LogP contribution in [0.4, 0.5) is 0 Å². The van der Waals surface area contributed by atoms with Crippen LogP contribution in [0.3, 0.4) is 0 Å². The van der Waals surface area contributed by atoms with Crippen LogP contribution in [0.15, 0.2) is 0 Å². The zero-order valence-electron chi connectivity index (χ0n) is 13.6. The molecule has 144 valence electrons. The molecule has 0 saturated carbocycles. The summed E-state index contributed by atoms with van der Waals surface area (Å²) < 4.78 is 20.6. The highest BCUT2D eigenvalue weighted by atomic mass is 31.2. The molecule has 2 atom stereocenters. The number of nitrogens with two attached hydrogens (primary N) is 2. The largest absolute Gasteiger partial charge is 0.344 e. The Morgan fingerprint density at radius 2 is 1.21 bits per heavy atom. The van der Waals surface area contributed by atoms with Crippen molar-refractivity contribution in [2.45, 2.75) is 32.9 Å². The van der Waals surface area contributed by atoms with Gasteiger partial charge in [0.05, 0.1) is 12.1 Å². The minimum atomic E-state index is -4.18. The standard InChI is InChI=1S/C6H15N2O4P.C4H11N2O4P/c1-4(2)5(7)6(9)8-3-13(10,11)12;1-3(5)4(7)6-2-11(8,9)10/h4-5H,3,7H2,1-2H3,(H,8,9)(H2,10,11,12);3H,2,5H2,1H3,(H,6,7)(H2,8,9,10)/t5-;3-/m00/s1. The Morgan fingerprint density at radius 1 is 0.875 bits per heavy atom. The number of amides is 2. The van der Waals surface area contributed by atoms with Gasteiger partial charge in [0.25, 0.3) is 0 Å². The van der Waals surface area contributed by atoms with Gasteiger partial charge in [0.2, 0.25) is 11.8 Å². The summed E-state index contributed by atoms with van der Waals surface area (Å²) in [6.07, 6.45) is -1.32. The van der Waals surface area contributed by atoms with E-state index < -0.39 is 51.7 Å². The molecule has 0 radical (unpaired) electrons. The Balaban J connectivity index is 0. The number of hydrogen-bond donors (Lipinski definition) is 8. The van der Waals surface area contributed by atoms with Gasteiger partial charge in [-0.15, -0.1) is 0 Å². The van der Waals surface area contributed by atoms with Gasteiger partial charge in [-0.1, -0.05) is 13.8 Å². The topological polar surface area (TPSA) is 225 Å². The van der Waals surface area contributed by atoms with E-state index in [1.165, 1.54) is 6.92 Å². The van der Waals surface area contributed by atoms with Crippen molar-refractivity contribution in [2.24, 2.45) is 17.4 Å². The molecule has 2 amide bonds. The second-order valence-electron chi connectivity index (χ2n) is 5.29. The molecule has 0 fully saturated rings. The van der Waals surface area contributed by atoms with Crippen molar-refractivity contribution < 1.29 is 38.3 Å². The molecule has 0 spiro atoms. The van der Waals surface area contributed by atoms with Crippen molar-refractivity contribution in [3.63, 3.8) is 0 Å². The Kier molecular flexibility index (Phi) is 11.5. The monoisotopic (exact) mass is 392 g/mol. The zero-order valence-corrected chi connectivity index (χ0v) is 15.4. The van der Waals surface area contributed by atoms with Crippen molar-refractivity contribution in [3.8, 4) is 0 Å². The highest BCUT2D eigenvalue weighted by Gasteiger charge is 2.20. The van der Waals surface area contributed by atoms with Crippen LogP contribution in [-0.4, -0.2) is 56.0 Å². The lowest BCUT2D eigenvalue weighted by Crippen LogP contribution is -2.44. The van der Waals surface area contributed by atoms with E-state index in [0.717, 1.165) is 0 Å². The first-order chi connectivity index (χ1) is 10.6. The smallest absolute Gasteiger partial charge is 0.343 e. The second-order valence-corrected chi connectivity index (χ2v) is 8.58. The molecule has 0 aliphatic rings. The van der Waals surface area contributed by atoms with Crippen LogP contribution >= 0.6 is 15.2 Å². The second kappa shape index (κ2) is 10.9. The molecule has 12 nitrogen and oxygen atoms in total. The molecule has 10 N–H and O–H groups in total. The van der Waals surface area contributed by atoms with Gasteiger partial charge < -0.3 is 41.7 Å². The lowest BCUT2D eigenvalue weighted by molar-refractivity contribution is -0.123. The molecular formula is C10H26N4O8P2. The van der Waals surface area contributed by atoms with Crippen LogP contribution < -0.4 is 22.1 Å². The van der Waals surface area contributed by atoms with Crippen molar-refractivity contribution in [1.29, 1.82) is 0 Å². The first-order valence-corrected chi connectivity index (χ1v) is 10.3. The van der Waals surface area contributed by atoms with Crippen LogP contribution in [0.2, 0.25) is 0 Å². The lowest BCUT2D eigenvalue weighted by Gasteiger charge is -2.15. The summed E-state index contributed by atoms with van der Waals surface area (Å²) in [7, 11) is -8.32. The molecule has 24 heavy (non-hydrogen) atoms. The molecule has 0 aromatic carbocycles. The third kappa shape index (κ3) is 16.0. The molecular weight excluding hydrogens is 366 g/mol. The molecule has 0 heterocycles. The molecule has 14 heteroatoms. The fraction of sp³-hybridized carbons (Fsp3) is 0.800. The normalized spacial score (nSPS) is 14.2. The number of carbonyl (C=O) groups excluding carboxylic acids is 2. The van der Waals surface area contributed by atoms with Gasteiger partial charge in [0, 0.05) is 0 Å². The van der Waals surface area contributed by atoms with Gasteiger partial charge in [-0.25, -0.2) is 0 Å². The van der Waals surface area contributed by atoms with Gasteiger partial charge in [-0.05, 0) is 12.8 Å². The minimum Gasteiger partial charge on any atom is -0.343 e. The fourth-order valence-corrected chi connectivity index (χ4v) is 1.67. The van der Waals surface area contributed by atoms with Gasteiger partial charge in [-0.2, -0.15) is 0 Å². The molecule has 0 aliphatic carbocycles. The van der Waals surface area contributed by atoms with Crippen molar-refractivity contribution in [3.05, 3.63) is 0 Å². The summed E-state index contributed by atoms with van der Waals surface area (Å²) >= 11 is 0. The summed E-state index contributed by atoms with van der Waals surface area (Å²) in [4.78, 5) is 55.2. The van der Waals surface area contributed by atoms with E-state index in [9.17, 15) is 18.7 Å². The molecule has 0 aromatic heterocycles. The molecule has 0 aliphatic heterocycles. The highest BCUT2D eigenvalue weighted by molar-refractivity contribution is 7.51.